The van der Waals surface area contributed by atoms with Gasteiger partial charge in [-0.15, -0.1) is 0 Å². The Hall–Kier alpha value is -2.16. The van der Waals surface area contributed by atoms with E-state index in [1.165, 1.54) is 5.56 Å². The lowest BCUT2D eigenvalue weighted by molar-refractivity contribution is 0.732. The summed E-state index contributed by atoms with van der Waals surface area (Å²) in [6.07, 6.45) is 2.79. The number of H-pyrrole nitrogens is 1. The number of rotatable bonds is 3. The molecule has 0 aliphatic rings. The fourth-order valence-electron chi connectivity index (χ4n) is 2.30. The van der Waals surface area contributed by atoms with Crippen molar-refractivity contribution in [2.75, 3.05) is 0 Å². The van der Waals surface area contributed by atoms with Gasteiger partial charge in [-0.1, -0.05) is 37.3 Å². The lowest BCUT2D eigenvalue weighted by Gasteiger charge is -2.11. The molecular formula is C15H15N3. The molecule has 3 heteroatoms. The second-order valence-corrected chi connectivity index (χ2v) is 4.37. The van der Waals surface area contributed by atoms with E-state index in [0.717, 1.165) is 23.4 Å². The number of imidazole rings is 1. The zero-order valence-electron chi connectivity index (χ0n) is 10.3. The van der Waals surface area contributed by atoms with Crippen LogP contribution in [0.2, 0.25) is 0 Å². The number of nitrogens with one attached hydrogen (secondary N) is 1. The number of fused-ring (bicyclic) bond motifs is 1. The molecule has 2 aromatic heterocycles. The first kappa shape index (κ1) is 11.0. The van der Waals surface area contributed by atoms with Gasteiger partial charge in [-0.2, -0.15) is 0 Å². The molecule has 0 aliphatic carbocycles. The monoisotopic (exact) mass is 237 g/mol. The van der Waals surface area contributed by atoms with Gasteiger partial charge >= 0.3 is 0 Å². The van der Waals surface area contributed by atoms with Gasteiger partial charge in [-0.05, 0) is 24.1 Å². The predicted octanol–water partition coefficient (Wildman–Crippen LogP) is 3.50. The predicted molar refractivity (Wildman–Crippen MR) is 72.5 cm³/mol. The molecular weight excluding hydrogens is 222 g/mol. The topological polar surface area (TPSA) is 41.6 Å². The van der Waals surface area contributed by atoms with Crippen molar-refractivity contribution in [2.45, 2.75) is 19.3 Å². The molecule has 0 saturated carbocycles. The van der Waals surface area contributed by atoms with Crippen LogP contribution in [0.1, 0.15) is 30.7 Å². The molecule has 3 rings (SSSR count). The van der Waals surface area contributed by atoms with Crippen molar-refractivity contribution in [1.29, 1.82) is 0 Å². The molecule has 0 radical (unpaired) electrons. The van der Waals surface area contributed by atoms with Crippen molar-refractivity contribution in [3.8, 4) is 0 Å². The normalized spacial score (nSPS) is 12.7. The van der Waals surface area contributed by atoms with Gasteiger partial charge in [0.2, 0.25) is 0 Å². The molecule has 1 unspecified atom stereocenters. The minimum atomic E-state index is 0.306. The maximum absolute atomic E-state index is 4.59. The van der Waals surface area contributed by atoms with Crippen molar-refractivity contribution in [3.05, 3.63) is 60.0 Å². The maximum Gasteiger partial charge on any atom is 0.177 e. The molecule has 3 nitrogen and oxygen atoms in total. The zero-order valence-corrected chi connectivity index (χ0v) is 10.3. The lowest BCUT2D eigenvalue weighted by Crippen LogP contribution is -2.01. The van der Waals surface area contributed by atoms with E-state index in [1.807, 2.05) is 18.2 Å². The van der Waals surface area contributed by atoms with Crippen molar-refractivity contribution >= 4 is 11.2 Å². The van der Waals surface area contributed by atoms with Gasteiger partial charge in [-0.3, -0.25) is 0 Å². The van der Waals surface area contributed by atoms with E-state index >= 15 is 0 Å². The maximum atomic E-state index is 4.59. The summed E-state index contributed by atoms with van der Waals surface area (Å²) in [7, 11) is 0. The van der Waals surface area contributed by atoms with Crippen LogP contribution >= 0.6 is 0 Å². The first-order valence-corrected chi connectivity index (χ1v) is 6.24. The SMILES string of the molecule is CCC(c1ccccc1)c1nc2ncccc2[nH]1. The second-order valence-electron chi connectivity index (χ2n) is 4.37. The summed E-state index contributed by atoms with van der Waals surface area (Å²) in [6, 6.07) is 14.4. The van der Waals surface area contributed by atoms with E-state index in [9.17, 15) is 0 Å². The number of aromatic nitrogens is 3. The number of aromatic amines is 1. The van der Waals surface area contributed by atoms with Crippen LogP contribution in [-0.2, 0) is 0 Å². The van der Waals surface area contributed by atoms with Crippen molar-refractivity contribution in [1.82, 2.24) is 15.0 Å². The van der Waals surface area contributed by atoms with E-state index in [2.05, 4.69) is 46.1 Å². The quantitative estimate of drug-likeness (QED) is 0.757. The van der Waals surface area contributed by atoms with E-state index in [4.69, 9.17) is 0 Å². The van der Waals surface area contributed by atoms with Crippen molar-refractivity contribution in [3.63, 3.8) is 0 Å². The third kappa shape index (κ3) is 1.88. The molecule has 90 valence electrons. The fourth-order valence-corrected chi connectivity index (χ4v) is 2.30. The molecule has 0 spiro atoms. The minimum Gasteiger partial charge on any atom is -0.340 e. The number of nitrogens with zero attached hydrogens (tertiary/aromatic N) is 2. The summed E-state index contributed by atoms with van der Waals surface area (Å²) >= 11 is 0. The molecule has 0 fully saturated rings. The average molecular weight is 237 g/mol. The van der Waals surface area contributed by atoms with Crippen molar-refractivity contribution in [2.24, 2.45) is 0 Å². The second kappa shape index (κ2) is 4.61. The first-order chi connectivity index (χ1) is 8.88. The van der Waals surface area contributed by atoms with Crippen molar-refractivity contribution < 1.29 is 0 Å². The van der Waals surface area contributed by atoms with Crippen LogP contribution in [-0.4, -0.2) is 15.0 Å². The van der Waals surface area contributed by atoms with Gasteiger partial charge in [0.1, 0.15) is 5.82 Å². The van der Waals surface area contributed by atoms with E-state index in [1.54, 1.807) is 6.20 Å². The molecule has 0 amide bonds. The highest BCUT2D eigenvalue weighted by Crippen LogP contribution is 2.26. The Bertz CT molecular complexity index is 610. The zero-order chi connectivity index (χ0) is 12.4. The van der Waals surface area contributed by atoms with Gasteiger partial charge in [0, 0.05) is 12.1 Å². The largest absolute Gasteiger partial charge is 0.340 e. The Balaban J connectivity index is 2.06. The number of hydrogen-bond donors (Lipinski definition) is 1. The van der Waals surface area contributed by atoms with Gasteiger partial charge in [0.15, 0.2) is 5.65 Å². The van der Waals surface area contributed by atoms with Gasteiger partial charge < -0.3 is 4.98 Å². The fraction of sp³-hybridized carbons (Fsp3) is 0.200. The lowest BCUT2D eigenvalue weighted by atomic mass is 9.96. The first-order valence-electron chi connectivity index (χ1n) is 6.24. The molecule has 1 N–H and O–H groups in total. The Morgan fingerprint density at radius 2 is 1.94 bits per heavy atom. The minimum absolute atomic E-state index is 0.306. The molecule has 1 aromatic carbocycles. The van der Waals surface area contributed by atoms with Gasteiger partial charge in [0.05, 0.1) is 5.52 Å². The van der Waals surface area contributed by atoms with Crippen LogP contribution in [0, 0.1) is 0 Å². The van der Waals surface area contributed by atoms with Crippen LogP contribution in [0.4, 0.5) is 0 Å². The number of benzene rings is 1. The smallest absolute Gasteiger partial charge is 0.177 e. The van der Waals surface area contributed by atoms with Gasteiger partial charge in [-0.25, -0.2) is 9.97 Å². The summed E-state index contributed by atoms with van der Waals surface area (Å²) in [5.74, 6) is 1.30. The molecule has 0 aliphatic heterocycles. The van der Waals surface area contributed by atoms with Crippen LogP contribution < -0.4 is 0 Å². The highest BCUT2D eigenvalue weighted by molar-refractivity contribution is 5.70. The Labute approximate surface area is 106 Å². The molecule has 0 saturated heterocycles. The molecule has 2 heterocycles. The highest BCUT2D eigenvalue weighted by atomic mass is 15.0. The number of hydrogen-bond acceptors (Lipinski definition) is 2. The van der Waals surface area contributed by atoms with Crippen LogP contribution in [0.3, 0.4) is 0 Å². The third-order valence-corrected chi connectivity index (χ3v) is 3.22. The summed E-state index contributed by atoms with van der Waals surface area (Å²) in [5.41, 5.74) is 3.09. The Morgan fingerprint density at radius 1 is 1.11 bits per heavy atom. The number of pyridine rings is 1. The Kier molecular flexibility index (Phi) is 2.81. The summed E-state index contributed by atoms with van der Waals surface area (Å²) in [6.45, 7) is 2.18. The third-order valence-electron chi connectivity index (χ3n) is 3.22. The molecule has 18 heavy (non-hydrogen) atoms. The molecule has 1 atom stereocenters. The van der Waals surface area contributed by atoms with Crippen LogP contribution in [0.5, 0.6) is 0 Å². The van der Waals surface area contributed by atoms with E-state index in [0.29, 0.717) is 5.92 Å². The summed E-state index contributed by atoms with van der Waals surface area (Å²) in [4.78, 5) is 12.2. The summed E-state index contributed by atoms with van der Waals surface area (Å²) in [5, 5.41) is 0. The van der Waals surface area contributed by atoms with Crippen LogP contribution in [0.15, 0.2) is 48.7 Å². The van der Waals surface area contributed by atoms with Gasteiger partial charge in [0.25, 0.3) is 0 Å². The van der Waals surface area contributed by atoms with E-state index < -0.39 is 0 Å². The average Bonchev–Trinajstić information content (AvgIpc) is 2.84. The summed E-state index contributed by atoms with van der Waals surface area (Å²) < 4.78 is 0. The Morgan fingerprint density at radius 3 is 2.67 bits per heavy atom. The molecule has 0 bridgehead atoms. The molecule has 3 aromatic rings. The van der Waals surface area contributed by atoms with E-state index in [-0.39, 0.29) is 0 Å². The van der Waals surface area contributed by atoms with Crippen LogP contribution in [0.25, 0.3) is 11.2 Å². The highest BCUT2D eigenvalue weighted by Gasteiger charge is 2.16. The standard InChI is InChI=1S/C15H15N3/c1-2-12(11-7-4-3-5-8-11)14-17-13-9-6-10-16-15(13)18-14/h3-10,12H,2H2,1H3,(H,16,17,18).